The first kappa shape index (κ1) is 20.6. The molecule has 0 aliphatic heterocycles. The van der Waals surface area contributed by atoms with Crippen molar-refractivity contribution in [3.8, 4) is 5.75 Å². The molecule has 1 amide bonds. The van der Waals surface area contributed by atoms with E-state index in [4.69, 9.17) is 4.74 Å². The lowest BCUT2D eigenvalue weighted by molar-refractivity contribution is -0.116. The molecule has 2 aromatic carbocycles. The number of halogens is 1. The number of ether oxygens (including phenoxy) is 1. The summed E-state index contributed by atoms with van der Waals surface area (Å²) >= 11 is 0. The molecule has 0 aromatic heterocycles. The van der Waals surface area contributed by atoms with Gasteiger partial charge in [-0.3, -0.25) is 9.59 Å². The second-order valence-corrected chi connectivity index (χ2v) is 6.41. The summed E-state index contributed by atoms with van der Waals surface area (Å²) in [6.07, 6.45) is 4.78. The standard InChI is InChI=1S/C22H26FNO3/c1-2-3-4-5-16-27-20-12-10-19(11-13-20)24-22(26)15-14-21(25)17-6-8-18(23)9-7-17/h6-13H,2-5,14-16H2,1H3,(H,24,26). The molecule has 27 heavy (non-hydrogen) atoms. The average molecular weight is 371 g/mol. The van der Waals surface area contributed by atoms with E-state index in [1.54, 1.807) is 12.1 Å². The molecule has 144 valence electrons. The average Bonchev–Trinajstić information content (AvgIpc) is 2.68. The van der Waals surface area contributed by atoms with Crippen molar-refractivity contribution in [1.29, 1.82) is 0 Å². The Kier molecular flexibility index (Phi) is 8.49. The molecule has 0 spiro atoms. The molecule has 0 unspecified atom stereocenters. The van der Waals surface area contributed by atoms with Crippen LogP contribution in [-0.2, 0) is 4.79 Å². The van der Waals surface area contributed by atoms with Crippen LogP contribution in [0.5, 0.6) is 5.75 Å². The lowest BCUT2D eigenvalue weighted by Crippen LogP contribution is -2.13. The molecule has 0 heterocycles. The molecule has 0 aliphatic rings. The third-order valence-corrected chi connectivity index (χ3v) is 4.15. The van der Waals surface area contributed by atoms with Crippen LogP contribution in [0.25, 0.3) is 0 Å². The first-order chi connectivity index (χ1) is 13.1. The number of anilines is 1. The Bertz CT molecular complexity index is 726. The maximum absolute atomic E-state index is 12.9. The van der Waals surface area contributed by atoms with Crippen molar-refractivity contribution in [2.75, 3.05) is 11.9 Å². The van der Waals surface area contributed by atoms with Gasteiger partial charge in [0.05, 0.1) is 6.61 Å². The minimum atomic E-state index is -0.391. The zero-order valence-corrected chi connectivity index (χ0v) is 15.7. The van der Waals surface area contributed by atoms with E-state index in [1.165, 1.54) is 43.5 Å². The van der Waals surface area contributed by atoms with Crippen LogP contribution in [0.15, 0.2) is 48.5 Å². The summed E-state index contributed by atoms with van der Waals surface area (Å²) in [5, 5.41) is 2.76. The van der Waals surface area contributed by atoms with Crippen LogP contribution >= 0.6 is 0 Å². The number of Topliss-reactive ketones (excluding diaryl/α,β-unsaturated/α-hetero) is 1. The maximum Gasteiger partial charge on any atom is 0.224 e. The highest BCUT2D eigenvalue weighted by Crippen LogP contribution is 2.17. The molecule has 0 radical (unpaired) electrons. The van der Waals surface area contributed by atoms with Gasteiger partial charge in [0.2, 0.25) is 5.91 Å². The number of benzene rings is 2. The third kappa shape index (κ3) is 7.60. The SMILES string of the molecule is CCCCCCOc1ccc(NC(=O)CCC(=O)c2ccc(F)cc2)cc1. The molecule has 0 saturated heterocycles. The zero-order valence-electron chi connectivity index (χ0n) is 15.7. The third-order valence-electron chi connectivity index (χ3n) is 4.15. The van der Waals surface area contributed by atoms with E-state index in [0.29, 0.717) is 17.9 Å². The molecule has 0 bridgehead atoms. The lowest BCUT2D eigenvalue weighted by atomic mass is 10.1. The number of rotatable bonds is 11. The molecule has 5 heteroatoms. The number of amides is 1. The molecule has 0 aliphatic carbocycles. The largest absolute Gasteiger partial charge is 0.494 e. The van der Waals surface area contributed by atoms with E-state index in [9.17, 15) is 14.0 Å². The van der Waals surface area contributed by atoms with E-state index in [2.05, 4.69) is 12.2 Å². The second kappa shape index (κ2) is 11.1. The first-order valence-corrected chi connectivity index (χ1v) is 9.40. The minimum Gasteiger partial charge on any atom is -0.494 e. The van der Waals surface area contributed by atoms with Gasteiger partial charge in [0, 0.05) is 24.1 Å². The van der Waals surface area contributed by atoms with Crippen molar-refractivity contribution in [1.82, 2.24) is 0 Å². The van der Waals surface area contributed by atoms with Gasteiger partial charge in [-0.25, -0.2) is 4.39 Å². The van der Waals surface area contributed by atoms with Crippen molar-refractivity contribution in [3.05, 3.63) is 59.9 Å². The van der Waals surface area contributed by atoms with Gasteiger partial charge in [-0.15, -0.1) is 0 Å². The molecule has 4 nitrogen and oxygen atoms in total. The van der Waals surface area contributed by atoms with Crippen LogP contribution < -0.4 is 10.1 Å². The van der Waals surface area contributed by atoms with Crippen molar-refractivity contribution in [3.63, 3.8) is 0 Å². The zero-order chi connectivity index (χ0) is 19.5. The minimum absolute atomic E-state index is 0.0753. The molecule has 2 aromatic rings. The van der Waals surface area contributed by atoms with Crippen LogP contribution in [0.3, 0.4) is 0 Å². The number of ketones is 1. The Balaban J connectivity index is 1.72. The van der Waals surface area contributed by atoms with Crippen molar-refractivity contribution < 1.29 is 18.7 Å². The Morgan fingerprint density at radius 3 is 2.30 bits per heavy atom. The Morgan fingerprint density at radius 2 is 1.63 bits per heavy atom. The summed E-state index contributed by atoms with van der Waals surface area (Å²) in [5.41, 5.74) is 1.07. The highest BCUT2D eigenvalue weighted by atomic mass is 19.1. The molecule has 0 atom stereocenters. The highest BCUT2D eigenvalue weighted by Gasteiger charge is 2.10. The van der Waals surface area contributed by atoms with Crippen molar-refractivity contribution >= 4 is 17.4 Å². The lowest BCUT2D eigenvalue weighted by Gasteiger charge is -2.08. The van der Waals surface area contributed by atoms with Crippen molar-refractivity contribution in [2.45, 2.75) is 45.4 Å². The number of unbranched alkanes of at least 4 members (excludes halogenated alkanes) is 3. The number of hydrogen-bond donors (Lipinski definition) is 1. The maximum atomic E-state index is 12.9. The van der Waals surface area contributed by atoms with Gasteiger partial charge in [0.25, 0.3) is 0 Å². The Morgan fingerprint density at radius 1 is 0.926 bits per heavy atom. The van der Waals surface area contributed by atoms with Gasteiger partial charge in [0.15, 0.2) is 5.78 Å². The van der Waals surface area contributed by atoms with Crippen molar-refractivity contribution in [2.24, 2.45) is 0 Å². The van der Waals surface area contributed by atoms with Crippen LogP contribution in [0.1, 0.15) is 55.8 Å². The molecular weight excluding hydrogens is 345 g/mol. The quantitative estimate of drug-likeness (QED) is 0.426. The summed E-state index contributed by atoms with van der Waals surface area (Å²) < 4.78 is 18.5. The van der Waals surface area contributed by atoms with E-state index in [1.807, 2.05) is 12.1 Å². The normalized spacial score (nSPS) is 10.4. The summed E-state index contributed by atoms with van der Waals surface area (Å²) in [6, 6.07) is 12.5. The van der Waals surface area contributed by atoms with Crippen LogP contribution in [0.2, 0.25) is 0 Å². The molecule has 2 rings (SSSR count). The first-order valence-electron chi connectivity index (χ1n) is 9.40. The molecule has 0 saturated carbocycles. The van der Waals surface area contributed by atoms with E-state index in [-0.39, 0.29) is 24.5 Å². The second-order valence-electron chi connectivity index (χ2n) is 6.41. The van der Waals surface area contributed by atoms with E-state index < -0.39 is 5.82 Å². The van der Waals surface area contributed by atoms with Crippen LogP contribution in [0, 0.1) is 5.82 Å². The van der Waals surface area contributed by atoms with Gasteiger partial charge in [-0.05, 0) is 55.0 Å². The monoisotopic (exact) mass is 371 g/mol. The molecule has 1 N–H and O–H groups in total. The smallest absolute Gasteiger partial charge is 0.224 e. The summed E-state index contributed by atoms with van der Waals surface area (Å²) in [5.74, 6) is -0.0377. The van der Waals surface area contributed by atoms with Crippen LogP contribution in [-0.4, -0.2) is 18.3 Å². The Hall–Kier alpha value is -2.69. The summed E-state index contributed by atoms with van der Waals surface area (Å²) in [7, 11) is 0. The number of nitrogens with one attached hydrogen (secondary N) is 1. The molecule has 0 fully saturated rings. The molecular formula is C22H26FNO3. The van der Waals surface area contributed by atoms with Crippen LogP contribution in [0.4, 0.5) is 10.1 Å². The van der Waals surface area contributed by atoms with Gasteiger partial charge < -0.3 is 10.1 Å². The van der Waals surface area contributed by atoms with E-state index >= 15 is 0 Å². The topological polar surface area (TPSA) is 55.4 Å². The predicted molar refractivity (Wildman–Crippen MR) is 105 cm³/mol. The fourth-order valence-electron chi connectivity index (χ4n) is 2.58. The fraction of sp³-hybridized carbons (Fsp3) is 0.364. The van der Waals surface area contributed by atoms with E-state index in [0.717, 1.165) is 12.2 Å². The fourth-order valence-corrected chi connectivity index (χ4v) is 2.58. The number of carbonyl (C=O) groups is 2. The van der Waals surface area contributed by atoms with Gasteiger partial charge in [-0.1, -0.05) is 26.2 Å². The summed E-state index contributed by atoms with van der Waals surface area (Å²) in [4.78, 5) is 24.0. The summed E-state index contributed by atoms with van der Waals surface area (Å²) in [6.45, 7) is 2.86. The highest BCUT2D eigenvalue weighted by molar-refractivity contribution is 5.99. The van der Waals surface area contributed by atoms with Gasteiger partial charge >= 0.3 is 0 Å². The predicted octanol–water partition coefficient (Wildman–Crippen LogP) is 5.39. The van der Waals surface area contributed by atoms with Gasteiger partial charge in [-0.2, -0.15) is 0 Å². The van der Waals surface area contributed by atoms with Gasteiger partial charge in [0.1, 0.15) is 11.6 Å². The number of hydrogen-bond acceptors (Lipinski definition) is 3. The Labute approximate surface area is 159 Å². The number of carbonyl (C=O) groups excluding carboxylic acids is 2.